The lowest BCUT2D eigenvalue weighted by molar-refractivity contribution is -0.139. The molecule has 0 N–H and O–H groups in total. The second kappa shape index (κ2) is 12.3. The zero-order valence-electron chi connectivity index (χ0n) is 25.2. The standard InChI is InChI=1S/C33H34ClN3O5S/c1-8-41-32(39)29-20(5)35-33-37(30(29)22-12-13-26(42-18(2)3)27(15-22)40-7)31(38)28(43-33)16-23-14-19(4)36(21(23)6)25-11-9-10-24(34)17-25/h9-18,30H,8H2,1-7H3/b28-16-/t30-/m1/s1. The van der Waals surface area contributed by atoms with E-state index < -0.39 is 12.0 Å². The number of thiazole rings is 1. The first-order valence-corrected chi connectivity index (χ1v) is 15.2. The number of allylic oxidation sites excluding steroid dienone is 1. The van der Waals surface area contributed by atoms with Gasteiger partial charge < -0.3 is 18.8 Å². The molecule has 5 rings (SSSR count). The van der Waals surface area contributed by atoms with Gasteiger partial charge in [0.15, 0.2) is 16.3 Å². The third kappa shape index (κ3) is 5.79. The zero-order valence-corrected chi connectivity index (χ0v) is 26.8. The first kappa shape index (κ1) is 30.4. The van der Waals surface area contributed by atoms with E-state index in [0.29, 0.717) is 42.7 Å². The number of nitrogens with zero attached hydrogens (tertiary/aromatic N) is 3. The number of methoxy groups -OCH3 is 1. The molecule has 2 aromatic carbocycles. The molecule has 8 nitrogen and oxygen atoms in total. The van der Waals surface area contributed by atoms with Crippen LogP contribution < -0.4 is 24.4 Å². The lowest BCUT2D eigenvalue weighted by atomic mass is 9.95. The van der Waals surface area contributed by atoms with Gasteiger partial charge in [-0.15, -0.1) is 0 Å². The molecule has 0 amide bonds. The molecule has 0 unspecified atom stereocenters. The third-order valence-electron chi connectivity index (χ3n) is 7.21. The molecule has 3 heterocycles. The number of benzene rings is 2. The van der Waals surface area contributed by atoms with Crippen LogP contribution in [-0.2, 0) is 9.53 Å². The first-order valence-electron chi connectivity index (χ1n) is 14.0. The minimum absolute atomic E-state index is 0.0597. The van der Waals surface area contributed by atoms with Gasteiger partial charge in [-0.2, -0.15) is 0 Å². The van der Waals surface area contributed by atoms with Crippen LogP contribution in [0.1, 0.15) is 56.3 Å². The van der Waals surface area contributed by atoms with Gasteiger partial charge in [0.05, 0.1) is 41.7 Å². The van der Waals surface area contributed by atoms with Gasteiger partial charge in [-0.25, -0.2) is 9.79 Å². The van der Waals surface area contributed by atoms with Crippen molar-refractivity contribution in [1.82, 2.24) is 9.13 Å². The molecular weight excluding hydrogens is 586 g/mol. The lowest BCUT2D eigenvalue weighted by Gasteiger charge is -2.25. The summed E-state index contributed by atoms with van der Waals surface area (Å²) in [6, 6.07) is 14.4. The Balaban J connectivity index is 1.69. The maximum Gasteiger partial charge on any atom is 0.338 e. The maximum absolute atomic E-state index is 14.1. The number of aromatic nitrogens is 2. The van der Waals surface area contributed by atoms with Crippen LogP contribution in [0.5, 0.6) is 11.5 Å². The monoisotopic (exact) mass is 619 g/mol. The Bertz CT molecular complexity index is 1930. The Morgan fingerprint density at radius 2 is 1.88 bits per heavy atom. The van der Waals surface area contributed by atoms with Crippen molar-refractivity contribution in [2.45, 2.75) is 53.7 Å². The molecule has 1 aliphatic heterocycles. The fourth-order valence-corrected chi connectivity index (χ4v) is 6.62. The molecule has 43 heavy (non-hydrogen) atoms. The van der Waals surface area contributed by atoms with Crippen molar-refractivity contribution < 1.29 is 19.0 Å². The number of halogens is 1. The van der Waals surface area contributed by atoms with E-state index in [-0.39, 0.29) is 18.3 Å². The molecule has 0 bridgehead atoms. The van der Waals surface area contributed by atoms with Crippen LogP contribution >= 0.6 is 22.9 Å². The van der Waals surface area contributed by atoms with Gasteiger partial charge in [-0.3, -0.25) is 9.36 Å². The van der Waals surface area contributed by atoms with E-state index in [9.17, 15) is 9.59 Å². The molecule has 1 atom stereocenters. The summed E-state index contributed by atoms with van der Waals surface area (Å²) in [4.78, 5) is 32.6. The van der Waals surface area contributed by atoms with Crippen LogP contribution in [0.15, 0.2) is 69.6 Å². The van der Waals surface area contributed by atoms with Crippen LogP contribution in [0.2, 0.25) is 5.02 Å². The Labute approximate surface area is 259 Å². The smallest absolute Gasteiger partial charge is 0.338 e. The molecule has 0 saturated heterocycles. The lowest BCUT2D eigenvalue weighted by Crippen LogP contribution is -2.40. The second-order valence-electron chi connectivity index (χ2n) is 10.5. The van der Waals surface area contributed by atoms with Gasteiger partial charge >= 0.3 is 5.97 Å². The molecule has 224 valence electrons. The van der Waals surface area contributed by atoms with Gasteiger partial charge in [0.25, 0.3) is 5.56 Å². The van der Waals surface area contributed by atoms with E-state index in [0.717, 1.165) is 22.6 Å². The topological polar surface area (TPSA) is 84.1 Å². The van der Waals surface area contributed by atoms with Crippen molar-refractivity contribution >= 4 is 35.0 Å². The SMILES string of the molecule is CCOC(=O)C1=C(C)N=c2s/c(=C\c3cc(C)n(-c4cccc(Cl)c4)c3C)c(=O)n2[C@@H]1c1ccc(OC(C)C)c(OC)c1. The summed E-state index contributed by atoms with van der Waals surface area (Å²) >= 11 is 7.55. The summed E-state index contributed by atoms with van der Waals surface area (Å²) in [5, 5.41) is 0.646. The molecule has 0 radical (unpaired) electrons. The number of esters is 1. The van der Waals surface area contributed by atoms with Crippen LogP contribution in [0.4, 0.5) is 0 Å². The fourth-order valence-electron chi connectivity index (χ4n) is 5.40. The summed E-state index contributed by atoms with van der Waals surface area (Å²) in [5.41, 5.74) is 5.05. The van der Waals surface area contributed by atoms with E-state index in [1.165, 1.54) is 11.3 Å². The van der Waals surface area contributed by atoms with Gasteiger partial charge in [0, 0.05) is 22.1 Å². The number of carbonyl (C=O) groups is 1. The largest absolute Gasteiger partial charge is 0.493 e. The Kier molecular flexibility index (Phi) is 8.66. The molecule has 4 aromatic rings. The van der Waals surface area contributed by atoms with Crippen molar-refractivity contribution in [1.29, 1.82) is 0 Å². The number of carbonyl (C=O) groups excluding carboxylic acids is 1. The molecule has 2 aromatic heterocycles. The third-order valence-corrected chi connectivity index (χ3v) is 8.42. The van der Waals surface area contributed by atoms with Crippen LogP contribution in [0, 0.1) is 13.8 Å². The predicted molar refractivity (Wildman–Crippen MR) is 169 cm³/mol. The number of ether oxygens (including phenoxy) is 3. The minimum Gasteiger partial charge on any atom is -0.493 e. The zero-order chi connectivity index (χ0) is 31.0. The average molecular weight is 620 g/mol. The number of aryl methyl sites for hydroxylation is 1. The molecular formula is C33H34ClN3O5S. The van der Waals surface area contributed by atoms with Gasteiger partial charge in [-0.05, 0) is 95.1 Å². The van der Waals surface area contributed by atoms with Crippen molar-refractivity contribution in [3.05, 3.63) is 107 Å². The van der Waals surface area contributed by atoms with Crippen molar-refractivity contribution in [3.63, 3.8) is 0 Å². The normalized spacial score (nSPS) is 15.0. The minimum atomic E-state index is -0.765. The van der Waals surface area contributed by atoms with E-state index in [1.54, 1.807) is 37.7 Å². The van der Waals surface area contributed by atoms with Crippen LogP contribution in [-0.4, -0.2) is 34.9 Å². The number of hydrogen-bond acceptors (Lipinski definition) is 7. The predicted octanol–water partition coefficient (Wildman–Crippen LogP) is 5.66. The molecule has 0 saturated carbocycles. The van der Waals surface area contributed by atoms with Crippen molar-refractivity contribution in [2.75, 3.05) is 13.7 Å². The van der Waals surface area contributed by atoms with Gasteiger partial charge in [0.1, 0.15) is 0 Å². The Morgan fingerprint density at radius 3 is 2.56 bits per heavy atom. The van der Waals surface area contributed by atoms with Crippen LogP contribution in [0.25, 0.3) is 11.8 Å². The highest BCUT2D eigenvalue weighted by atomic mass is 35.5. The Morgan fingerprint density at radius 1 is 1.12 bits per heavy atom. The first-order chi connectivity index (χ1) is 20.5. The summed E-state index contributed by atoms with van der Waals surface area (Å²) in [7, 11) is 1.56. The van der Waals surface area contributed by atoms with E-state index in [2.05, 4.69) is 4.57 Å². The van der Waals surface area contributed by atoms with Gasteiger partial charge in [-0.1, -0.05) is 35.1 Å². The number of hydrogen-bond donors (Lipinski definition) is 0. The summed E-state index contributed by atoms with van der Waals surface area (Å²) in [6.45, 7) is 11.6. The van der Waals surface area contributed by atoms with Crippen molar-refractivity contribution in [3.8, 4) is 17.2 Å². The Hall–Kier alpha value is -4.08. The van der Waals surface area contributed by atoms with E-state index in [4.69, 9.17) is 30.8 Å². The van der Waals surface area contributed by atoms with Gasteiger partial charge in [0.2, 0.25) is 0 Å². The highest BCUT2D eigenvalue weighted by Crippen LogP contribution is 2.36. The molecule has 1 aliphatic rings. The number of fused-ring (bicyclic) bond motifs is 1. The molecule has 0 fully saturated rings. The summed E-state index contributed by atoms with van der Waals surface area (Å²) in [6.07, 6.45) is 1.82. The number of rotatable bonds is 8. The quantitative estimate of drug-likeness (QED) is 0.238. The van der Waals surface area contributed by atoms with E-state index >= 15 is 0 Å². The molecule has 0 aliphatic carbocycles. The molecule has 10 heteroatoms. The molecule has 0 spiro atoms. The average Bonchev–Trinajstić information content (AvgIpc) is 3.41. The maximum atomic E-state index is 14.1. The second-order valence-corrected chi connectivity index (χ2v) is 12.0. The summed E-state index contributed by atoms with van der Waals surface area (Å²) < 4.78 is 21.2. The summed E-state index contributed by atoms with van der Waals surface area (Å²) in [5.74, 6) is 0.552. The highest BCUT2D eigenvalue weighted by Gasteiger charge is 2.34. The highest BCUT2D eigenvalue weighted by molar-refractivity contribution is 7.07. The fraction of sp³-hybridized carbons (Fsp3) is 0.303. The van der Waals surface area contributed by atoms with E-state index in [1.807, 2.05) is 70.2 Å². The van der Waals surface area contributed by atoms with Crippen LogP contribution in [0.3, 0.4) is 0 Å². The van der Waals surface area contributed by atoms with Crippen molar-refractivity contribution in [2.24, 2.45) is 4.99 Å².